The van der Waals surface area contributed by atoms with Crippen molar-refractivity contribution >= 4 is 11.0 Å². The van der Waals surface area contributed by atoms with Crippen LogP contribution in [0.15, 0.2) is 218 Å². The molecule has 0 spiro atoms. The maximum atomic E-state index is 9.10. The Balaban J connectivity index is 0.000000157. The number of phenolic OH excluding ortho intramolecular Hbond substituents is 4. The molecule has 4 nitrogen and oxygen atoms in total. The molecule has 0 heterocycles. The molecule has 0 radical (unpaired) electrons. The zero-order valence-electron chi connectivity index (χ0n) is 28.6. The molecule has 0 bridgehead atoms. The van der Waals surface area contributed by atoms with Crippen LogP contribution in [0.25, 0.3) is 44.5 Å². The molecule has 264 valence electrons. The van der Waals surface area contributed by atoms with E-state index >= 15 is 0 Å². The highest BCUT2D eigenvalue weighted by Gasteiger charge is 1.98. The van der Waals surface area contributed by atoms with Gasteiger partial charge in [0.2, 0.25) is 0 Å². The van der Waals surface area contributed by atoms with Crippen molar-refractivity contribution in [3.63, 3.8) is 0 Å². The molecule has 0 fully saturated rings. The van der Waals surface area contributed by atoms with E-state index in [9.17, 15) is 0 Å². The van der Waals surface area contributed by atoms with Crippen LogP contribution in [-0.2, 0) is 0 Å². The summed E-state index contributed by atoms with van der Waals surface area (Å²) in [6.45, 7) is 0. The van der Waals surface area contributed by atoms with Crippen LogP contribution >= 0.6 is 0 Å². The van der Waals surface area contributed by atoms with E-state index in [-0.39, 0.29) is 11.0 Å². The first-order valence-corrected chi connectivity index (χ1v) is 16.8. The highest BCUT2D eigenvalue weighted by atomic mass is 28.1. The van der Waals surface area contributed by atoms with Gasteiger partial charge in [-0.25, -0.2) is 0 Å². The minimum absolute atomic E-state index is 0. The van der Waals surface area contributed by atoms with Gasteiger partial charge in [-0.1, -0.05) is 170 Å². The smallest absolute Gasteiger partial charge is 0.115 e. The Morgan fingerprint density at radius 2 is 0.302 bits per heavy atom. The maximum Gasteiger partial charge on any atom is 0.115 e. The summed E-state index contributed by atoms with van der Waals surface area (Å²) in [7, 11) is 0. The zero-order chi connectivity index (χ0) is 36.4. The molecule has 0 aliphatic rings. The normalized spacial score (nSPS) is 9.66. The lowest BCUT2D eigenvalue weighted by atomic mass is 10.1. The fraction of sp³-hybridized carbons (Fsp3) is 0. The second kappa shape index (κ2) is 20.8. The highest BCUT2D eigenvalue weighted by Crippen LogP contribution is 2.24. The van der Waals surface area contributed by atoms with E-state index < -0.39 is 0 Å². The third-order valence-electron chi connectivity index (χ3n) is 7.90. The van der Waals surface area contributed by atoms with Crippen molar-refractivity contribution in [2.45, 2.75) is 0 Å². The second-order valence-electron chi connectivity index (χ2n) is 11.7. The van der Waals surface area contributed by atoms with Crippen LogP contribution < -0.4 is 0 Å². The van der Waals surface area contributed by atoms with Crippen molar-refractivity contribution in [2.75, 3.05) is 0 Å². The first-order chi connectivity index (χ1) is 25.4. The van der Waals surface area contributed by atoms with Gasteiger partial charge >= 0.3 is 0 Å². The SMILES string of the molecule is Oc1ccc(-c2ccccc2)cc1.Oc1ccc(-c2ccccc2)cc1.Oc1ccc(-c2ccccc2)cc1.Oc1ccc(-c2ccccc2)cc1.[SiH4]. The molecule has 53 heavy (non-hydrogen) atoms. The molecule has 4 N–H and O–H groups in total. The maximum absolute atomic E-state index is 9.10. The zero-order valence-corrected chi connectivity index (χ0v) is 28.6. The fourth-order valence-electron chi connectivity index (χ4n) is 5.14. The Morgan fingerprint density at radius 1 is 0.170 bits per heavy atom. The summed E-state index contributed by atoms with van der Waals surface area (Å²) < 4.78 is 0. The molecule has 8 rings (SSSR count). The number of benzene rings is 8. The van der Waals surface area contributed by atoms with Gasteiger partial charge in [-0.2, -0.15) is 0 Å². The third kappa shape index (κ3) is 12.8. The van der Waals surface area contributed by atoms with Crippen LogP contribution in [0.4, 0.5) is 0 Å². The number of phenols is 4. The summed E-state index contributed by atoms with van der Waals surface area (Å²) >= 11 is 0. The molecule has 0 aliphatic heterocycles. The number of aromatic hydroxyl groups is 4. The van der Waals surface area contributed by atoms with Crippen LogP contribution in [0.3, 0.4) is 0 Å². The van der Waals surface area contributed by atoms with Crippen molar-refractivity contribution in [2.24, 2.45) is 0 Å². The van der Waals surface area contributed by atoms with E-state index in [0.717, 1.165) is 22.3 Å². The third-order valence-corrected chi connectivity index (χ3v) is 7.90. The molecular formula is C48H44O4Si. The van der Waals surface area contributed by atoms with Crippen molar-refractivity contribution in [3.8, 4) is 67.5 Å². The van der Waals surface area contributed by atoms with E-state index in [2.05, 4.69) is 0 Å². The Labute approximate surface area is 316 Å². The van der Waals surface area contributed by atoms with E-state index in [1.54, 1.807) is 48.5 Å². The second-order valence-corrected chi connectivity index (χ2v) is 11.7. The summed E-state index contributed by atoms with van der Waals surface area (Å²) in [6.07, 6.45) is 0. The molecular weight excluding hydrogens is 669 g/mol. The molecule has 5 heteroatoms. The van der Waals surface area contributed by atoms with Crippen LogP contribution in [0, 0.1) is 0 Å². The topological polar surface area (TPSA) is 80.9 Å². The molecule has 0 aliphatic carbocycles. The summed E-state index contributed by atoms with van der Waals surface area (Å²) in [5.41, 5.74) is 9.17. The van der Waals surface area contributed by atoms with E-state index in [4.69, 9.17) is 20.4 Å². The van der Waals surface area contributed by atoms with Gasteiger partial charge in [0, 0.05) is 0 Å². The van der Waals surface area contributed by atoms with Gasteiger partial charge in [-0.3, -0.25) is 0 Å². The van der Waals surface area contributed by atoms with Crippen LogP contribution in [-0.4, -0.2) is 31.4 Å². The van der Waals surface area contributed by atoms with E-state index in [0.29, 0.717) is 23.0 Å². The highest BCUT2D eigenvalue weighted by molar-refractivity contribution is 5.75. The van der Waals surface area contributed by atoms with Crippen LogP contribution in [0.2, 0.25) is 0 Å². The largest absolute Gasteiger partial charge is 0.508 e. The summed E-state index contributed by atoms with van der Waals surface area (Å²) in [5, 5.41) is 36.4. The summed E-state index contributed by atoms with van der Waals surface area (Å²) in [4.78, 5) is 0. The Kier molecular flexibility index (Phi) is 15.3. The number of hydrogen-bond donors (Lipinski definition) is 4. The number of hydrogen-bond acceptors (Lipinski definition) is 4. The van der Waals surface area contributed by atoms with E-state index in [1.807, 2.05) is 170 Å². The Hall–Kier alpha value is -6.82. The van der Waals surface area contributed by atoms with Crippen molar-refractivity contribution in [1.82, 2.24) is 0 Å². The average molecular weight is 713 g/mol. The van der Waals surface area contributed by atoms with Gasteiger partial charge in [0.15, 0.2) is 0 Å². The van der Waals surface area contributed by atoms with Gasteiger partial charge in [-0.05, 0) is 104 Å². The van der Waals surface area contributed by atoms with Crippen LogP contribution in [0.5, 0.6) is 23.0 Å². The van der Waals surface area contributed by atoms with Crippen molar-refractivity contribution < 1.29 is 20.4 Å². The van der Waals surface area contributed by atoms with Crippen LogP contribution in [0.1, 0.15) is 0 Å². The number of rotatable bonds is 4. The fourth-order valence-corrected chi connectivity index (χ4v) is 5.14. The van der Waals surface area contributed by atoms with Gasteiger partial charge in [0.1, 0.15) is 23.0 Å². The Morgan fingerprint density at radius 3 is 0.453 bits per heavy atom. The molecule has 0 amide bonds. The molecule has 0 unspecified atom stereocenters. The molecule has 0 saturated carbocycles. The lowest BCUT2D eigenvalue weighted by Gasteiger charge is -2.00. The Bertz CT molecular complexity index is 1830. The van der Waals surface area contributed by atoms with Gasteiger partial charge in [0.25, 0.3) is 0 Å². The molecule has 0 aromatic heterocycles. The van der Waals surface area contributed by atoms with Gasteiger partial charge in [0.05, 0.1) is 0 Å². The minimum Gasteiger partial charge on any atom is -0.508 e. The predicted molar refractivity (Wildman–Crippen MR) is 226 cm³/mol. The summed E-state index contributed by atoms with van der Waals surface area (Å²) in [6, 6.07) is 69.2. The quantitative estimate of drug-likeness (QED) is 0.137. The molecule has 0 saturated heterocycles. The first kappa shape index (κ1) is 39.0. The minimum atomic E-state index is 0. The average Bonchev–Trinajstić information content (AvgIpc) is 3.21. The molecule has 8 aromatic carbocycles. The lowest BCUT2D eigenvalue weighted by molar-refractivity contribution is 0.475. The predicted octanol–water partition coefficient (Wildman–Crippen LogP) is 10.8. The monoisotopic (exact) mass is 712 g/mol. The summed E-state index contributed by atoms with van der Waals surface area (Å²) in [5.74, 6) is 1.22. The molecule has 0 atom stereocenters. The first-order valence-electron chi connectivity index (χ1n) is 16.8. The lowest BCUT2D eigenvalue weighted by Crippen LogP contribution is -1.74. The van der Waals surface area contributed by atoms with Crippen molar-refractivity contribution in [3.05, 3.63) is 218 Å². The van der Waals surface area contributed by atoms with Gasteiger partial charge < -0.3 is 20.4 Å². The van der Waals surface area contributed by atoms with Crippen molar-refractivity contribution in [1.29, 1.82) is 0 Å². The van der Waals surface area contributed by atoms with E-state index in [1.165, 1.54) is 22.3 Å². The standard InChI is InChI=1S/4C12H10O.H4Si/c4*13-12-8-6-11(7-9-12)10-4-2-1-3-5-10;/h4*1-9,13H;1H4. The van der Waals surface area contributed by atoms with Gasteiger partial charge in [-0.15, -0.1) is 0 Å². The molecule has 8 aromatic rings.